The van der Waals surface area contributed by atoms with Gasteiger partial charge in [0.25, 0.3) is 0 Å². The lowest BCUT2D eigenvalue weighted by molar-refractivity contribution is 0.0342. The molecule has 0 amide bonds. The molecule has 2 atom stereocenters. The van der Waals surface area contributed by atoms with E-state index in [1.807, 2.05) is 35.2 Å². The van der Waals surface area contributed by atoms with Crippen molar-refractivity contribution in [3.05, 3.63) is 118 Å². The van der Waals surface area contributed by atoms with Crippen LogP contribution in [0.4, 0.5) is 20.2 Å². The zero-order valence-electron chi connectivity index (χ0n) is 39.1. The first-order valence-electron chi connectivity index (χ1n) is 24.0. The van der Waals surface area contributed by atoms with E-state index in [1.165, 1.54) is 23.3 Å². The standard InChI is InChI=1S/C26H33Cl2N3O2S.C26H33F2N3O2S/c1-33-22-5-2-18(3-6-22)19-8-12-30(13-9-19)17-25(32)20-10-14-31(15-11-20)26(34)29-21-4-7-23(27)24(28)16-21;1-33-24-4-2-18(3-5-24)19-6-10-30(11-7-19)17-25(32)20-8-12-31(13-9-20)26(34)29-23-15-21(27)14-22(28)16-23/h2-7,16,19-20,25,32H,8-15,17H2,1H3,(H,29,34);2-5,14-16,19-20,25,32H,6-13,17H2,1H3,(H,29,34). The summed E-state index contributed by atoms with van der Waals surface area (Å²) in [4.78, 5) is 8.97. The maximum absolute atomic E-state index is 13.4. The van der Waals surface area contributed by atoms with Gasteiger partial charge in [-0.1, -0.05) is 47.5 Å². The van der Waals surface area contributed by atoms with E-state index in [-0.39, 0.29) is 18.1 Å². The predicted molar refractivity (Wildman–Crippen MR) is 279 cm³/mol. The highest BCUT2D eigenvalue weighted by Crippen LogP contribution is 2.33. The number of methoxy groups -OCH3 is 2. The number of hydrogen-bond acceptors (Lipinski definition) is 8. The third-order valence-electron chi connectivity index (χ3n) is 14.3. The minimum Gasteiger partial charge on any atom is -0.497 e. The molecule has 4 aliphatic heterocycles. The number of nitrogens with zero attached hydrogens (tertiary/aromatic N) is 4. The smallest absolute Gasteiger partial charge is 0.173 e. The molecule has 0 aliphatic carbocycles. The van der Waals surface area contributed by atoms with Gasteiger partial charge in [0.2, 0.25) is 0 Å². The first kappa shape index (κ1) is 52.0. The van der Waals surface area contributed by atoms with Crippen LogP contribution in [0.25, 0.3) is 0 Å². The molecule has 4 fully saturated rings. The normalized spacial score (nSPS) is 19.1. The van der Waals surface area contributed by atoms with E-state index in [0.717, 1.165) is 120 Å². The Hall–Kier alpha value is -3.86. The van der Waals surface area contributed by atoms with Crippen LogP contribution in [0.2, 0.25) is 10.0 Å². The van der Waals surface area contributed by atoms with Gasteiger partial charge in [0.15, 0.2) is 10.2 Å². The lowest BCUT2D eigenvalue weighted by Gasteiger charge is -2.38. The summed E-state index contributed by atoms with van der Waals surface area (Å²) in [7, 11) is 3.38. The van der Waals surface area contributed by atoms with Crippen molar-refractivity contribution >= 4 is 69.2 Å². The second-order valence-electron chi connectivity index (χ2n) is 18.6. The van der Waals surface area contributed by atoms with Crippen molar-refractivity contribution in [3.63, 3.8) is 0 Å². The number of anilines is 2. The summed E-state index contributed by atoms with van der Waals surface area (Å²) < 4.78 is 37.4. The highest BCUT2D eigenvalue weighted by molar-refractivity contribution is 7.80. The van der Waals surface area contributed by atoms with Gasteiger partial charge in [0, 0.05) is 56.7 Å². The van der Waals surface area contributed by atoms with Crippen LogP contribution in [-0.4, -0.2) is 132 Å². The third kappa shape index (κ3) is 14.8. The molecule has 4 aromatic rings. The number of hydrogen-bond donors (Lipinski definition) is 4. The van der Waals surface area contributed by atoms with Gasteiger partial charge < -0.3 is 49.9 Å². The number of aliphatic hydroxyl groups excluding tert-OH is 2. The molecule has 0 saturated carbocycles. The number of ether oxygens (including phenoxy) is 2. The Morgan fingerprint density at radius 3 is 1.34 bits per heavy atom. The number of likely N-dealkylation sites (tertiary alicyclic amines) is 4. The van der Waals surface area contributed by atoms with Gasteiger partial charge in [-0.25, -0.2) is 8.78 Å². The van der Waals surface area contributed by atoms with Crippen LogP contribution in [0, 0.1) is 23.5 Å². The van der Waals surface area contributed by atoms with E-state index in [4.69, 9.17) is 57.1 Å². The van der Waals surface area contributed by atoms with E-state index in [0.29, 0.717) is 63.3 Å². The molecule has 10 nitrogen and oxygen atoms in total. The number of β-amino-alcohol motifs (C(OH)–C–C–N with tert-alkyl or cyclic N) is 2. The van der Waals surface area contributed by atoms with Crippen LogP contribution in [0.3, 0.4) is 0 Å². The van der Waals surface area contributed by atoms with Crippen LogP contribution < -0.4 is 20.1 Å². The summed E-state index contributed by atoms with van der Waals surface area (Å²) in [6.07, 6.45) is 7.34. The zero-order valence-corrected chi connectivity index (χ0v) is 42.2. The summed E-state index contributed by atoms with van der Waals surface area (Å²) in [5.74, 6) is 2.19. The second-order valence-corrected chi connectivity index (χ2v) is 20.2. The third-order valence-corrected chi connectivity index (χ3v) is 15.7. The predicted octanol–water partition coefficient (Wildman–Crippen LogP) is 10.3. The molecule has 4 aromatic carbocycles. The monoisotopic (exact) mass is 1010 g/mol. The molecule has 0 aromatic heterocycles. The Kier molecular flexibility index (Phi) is 19.3. The Morgan fingerprint density at radius 1 is 0.559 bits per heavy atom. The van der Waals surface area contributed by atoms with E-state index in [1.54, 1.807) is 26.4 Å². The average molecular weight is 1010 g/mol. The van der Waals surface area contributed by atoms with Crippen LogP contribution in [0.1, 0.15) is 74.3 Å². The molecule has 4 heterocycles. The molecule has 368 valence electrons. The molecule has 0 bridgehead atoms. The molecular formula is C52H66Cl2F2N6O4S2. The van der Waals surface area contributed by atoms with E-state index >= 15 is 0 Å². The van der Waals surface area contributed by atoms with Crippen molar-refractivity contribution in [2.75, 3.05) is 90.3 Å². The number of halogens is 4. The van der Waals surface area contributed by atoms with Crippen LogP contribution in [0.5, 0.6) is 11.5 Å². The van der Waals surface area contributed by atoms with Gasteiger partial charge in [-0.2, -0.15) is 0 Å². The highest BCUT2D eigenvalue weighted by Gasteiger charge is 2.31. The molecule has 0 spiro atoms. The zero-order chi connectivity index (χ0) is 48.2. The number of aliphatic hydroxyl groups is 2. The largest absolute Gasteiger partial charge is 0.497 e. The van der Waals surface area contributed by atoms with E-state index in [2.05, 4.69) is 49.6 Å². The SMILES string of the molecule is COc1ccc(C2CCN(CC(O)C3CCN(C(=S)Nc4cc(F)cc(F)c4)CC3)CC2)cc1.COc1ccc(C2CCN(CC(O)C3CCN(C(=S)Nc4ccc(Cl)c(Cl)c4)CC3)CC2)cc1. The topological polar surface area (TPSA) is 95.9 Å². The molecule has 2 unspecified atom stereocenters. The highest BCUT2D eigenvalue weighted by atomic mass is 35.5. The van der Waals surface area contributed by atoms with Gasteiger partial charge in [-0.3, -0.25) is 0 Å². The summed E-state index contributed by atoms with van der Waals surface area (Å²) in [6, 6.07) is 25.5. The van der Waals surface area contributed by atoms with Gasteiger partial charge in [-0.05, 0) is 191 Å². The Labute approximate surface area is 421 Å². The molecule has 68 heavy (non-hydrogen) atoms. The number of rotatable bonds is 12. The molecule has 4 N–H and O–H groups in total. The fraction of sp³-hybridized carbons (Fsp3) is 0.500. The van der Waals surface area contributed by atoms with Crippen molar-refractivity contribution in [2.45, 2.75) is 75.4 Å². The molecule has 8 rings (SSSR count). The number of benzene rings is 4. The van der Waals surface area contributed by atoms with E-state index in [9.17, 15) is 19.0 Å². The average Bonchev–Trinajstić information content (AvgIpc) is 3.35. The molecule has 4 aliphatic rings. The van der Waals surface area contributed by atoms with Crippen LogP contribution in [-0.2, 0) is 0 Å². The molecule has 16 heteroatoms. The Morgan fingerprint density at radius 2 is 0.956 bits per heavy atom. The molecule has 0 radical (unpaired) electrons. The summed E-state index contributed by atoms with van der Waals surface area (Å²) in [6.45, 7) is 8.61. The number of nitrogens with one attached hydrogen (secondary N) is 2. The maximum Gasteiger partial charge on any atom is 0.173 e. The van der Waals surface area contributed by atoms with Gasteiger partial charge in [-0.15, -0.1) is 0 Å². The Balaban J connectivity index is 0.000000201. The quantitative estimate of drug-likeness (QED) is 0.102. The van der Waals surface area contributed by atoms with Crippen molar-refractivity contribution in [1.29, 1.82) is 0 Å². The van der Waals surface area contributed by atoms with Crippen molar-refractivity contribution in [3.8, 4) is 11.5 Å². The van der Waals surface area contributed by atoms with Crippen LogP contribution in [0.15, 0.2) is 84.9 Å². The summed E-state index contributed by atoms with van der Waals surface area (Å²) >= 11 is 23.1. The molecular weight excluding hydrogens is 946 g/mol. The fourth-order valence-corrected chi connectivity index (χ4v) is 11.0. The summed E-state index contributed by atoms with van der Waals surface area (Å²) in [5.41, 5.74) is 3.89. The fourth-order valence-electron chi connectivity index (χ4n) is 10.1. The van der Waals surface area contributed by atoms with Crippen LogP contribution >= 0.6 is 47.6 Å². The number of thiocarbonyl (C=S) groups is 2. The van der Waals surface area contributed by atoms with Crippen molar-refractivity contribution < 1.29 is 28.5 Å². The number of piperidine rings is 4. The second kappa shape index (κ2) is 25.3. The first-order chi connectivity index (χ1) is 32.8. The van der Waals surface area contributed by atoms with Gasteiger partial charge >= 0.3 is 0 Å². The minimum atomic E-state index is -0.639. The summed E-state index contributed by atoms with van der Waals surface area (Å²) in [5, 5.41) is 30.2. The van der Waals surface area contributed by atoms with Gasteiger partial charge in [0.1, 0.15) is 23.1 Å². The van der Waals surface area contributed by atoms with Crippen molar-refractivity contribution in [1.82, 2.24) is 19.6 Å². The minimum absolute atomic E-state index is 0.227. The van der Waals surface area contributed by atoms with E-state index < -0.39 is 11.6 Å². The van der Waals surface area contributed by atoms with Crippen molar-refractivity contribution in [2.24, 2.45) is 11.8 Å². The first-order valence-corrected chi connectivity index (χ1v) is 25.5. The molecule has 4 saturated heterocycles. The maximum atomic E-state index is 13.4. The lowest BCUT2D eigenvalue weighted by Crippen LogP contribution is -2.46. The van der Waals surface area contributed by atoms with Gasteiger partial charge in [0.05, 0.1) is 36.5 Å². The Bertz CT molecular complexity index is 2220. The lowest BCUT2D eigenvalue weighted by atomic mass is 9.88.